The van der Waals surface area contributed by atoms with E-state index in [-0.39, 0.29) is 23.8 Å². The number of nitrogens with one attached hydrogen (secondary N) is 1. The van der Waals surface area contributed by atoms with E-state index in [0.717, 1.165) is 16.9 Å². The molecule has 0 saturated heterocycles. The highest BCUT2D eigenvalue weighted by Crippen LogP contribution is 2.26. The zero-order valence-corrected chi connectivity index (χ0v) is 18.3. The van der Waals surface area contributed by atoms with Gasteiger partial charge in [-0.3, -0.25) is 9.59 Å². The van der Waals surface area contributed by atoms with Gasteiger partial charge >= 0.3 is 0 Å². The first kappa shape index (κ1) is 22.6. The number of methoxy groups -OCH3 is 1. The third kappa shape index (κ3) is 6.15. The molecule has 7 nitrogen and oxygen atoms in total. The van der Waals surface area contributed by atoms with Crippen LogP contribution < -0.4 is 5.32 Å². The Bertz CT molecular complexity index is 852. The van der Waals surface area contributed by atoms with E-state index in [9.17, 15) is 9.59 Å². The van der Waals surface area contributed by atoms with Crippen LogP contribution in [0.1, 0.15) is 45.4 Å². The summed E-state index contributed by atoms with van der Waals surface area (Å²) in [6, 6.07) is 9.83. The summed E-state index contributed by atoms with van der Waals surface area (Å²) in [5.41, 5.74) is 2.68. The standard InChI is InChI=1S/C22H32N4O3/c1-7-21(28)25(11-12-29-6)15-20(27)23-19-14-18(22(3,4)5)24-26(19)17-10-8-9-16(2)13-17/h8-10,13-14H,7,11-12,15H2,1-6H3,(H,23,27). The van der Waals surface area contributed by atoms with Gasteiger partial charge < -0.3 is 15.0 Å². The van der Waals surface area contributed by atoms with Gasteiger partial charge in [-0.25, -0.2) is 4.68 Å². The summed E-state index contributed by atoms with van der Waals surface area (Å²) >= 11 is 0. The molecule has 1 N–H and O–H groups in total. The molecule has 0 atom stereocenters. The van der Waals surface area contributed by atoms with Crippen molar-refractivity contribution in [2.24, 2.45) is 0 Å². The molecule has 0 radical (unpaired) electrons. The number of amides is 2. The smallest absolute Gasteiger partial charge is 0.245 e. The second-order valence-electron chi connectivity index (χ2n) is 8.13. The summed E-state index contributed by atoms with van der Waals surface area (Å²) in [6.45, 7) is 10.8. The quantitative estimate of drug-likeness (QED) is 0.738. The van der Waals surface area contributed by atoms with Gasteiger partial charge in [0.1, 0.15) is 5.82 Å². The lowest BCUT2D eigenvalue weighted by atomic mass is 9.92. The molecular weight excluding hydrogens is 368 g/mol. The van der Waals surface area contributed by atoms with Crippen LogP contribution in [0.5, 0.6) is 0 Å². The zero-order valence-electron chi connectivity index (χ0n) is 18.3. The van der Waals surface area contributed by atoms with Crippen LogP contribution in [0.4, 0.5) is 5.82 Å². The predicted molar refractivity (Wildman–Crippen MR) is 114 cm³/mol. The molecule has 0 aliphatic carbocycles. The lowest BCUT2D eigenvalue weighted by molar-refractivity contribution is -0.135. The summed E-state index contributed by atoms with van der Waals surface area (Å²) in [5, 5.41) is 7.66. The van der Waals surface area contributed by atoms with Gasteiger partial charge in [-0.1, -0.05) is 39.8 Å². The van der Waals surface area contributed by atoms with Crippen LogP contribution in [0.15, 0.2) is 30.3 Å². The van der Waals surface area contributed by atoms with E-state index < -0.39 is 0 Å². The molecule has 2 aromatic rings. The van der Waals surface area contributed by atoms with Gasteiger partial charge in [-0.05, 0) is 24.6 Å². The Morgan fingerprint density at radius 2 is 1.97 bits per heavy atom. The van der Waals surface area contributed by atoms with Crippen molar-refractivity contribution in [2.75, 3.05) is 32.1 Å². The zero-order chi connectivity index (χ0) is 21.6. The number of rotatable bonds is 8. The van der Waals surface area contributed by atoms with E-state index in [1.165, 1.54) is 4.90 Å². The Balaban J connectivity index is 2.29. The molecule has 0 bridgehead atoms. The van der Waals surface area contributed by atoms with Crippen molar-refractivity contribution in [2.45, 2.75) is 46.5 Å². The number of aryl methyl sites for hydroxylation is 1. The maximum absolute atomic E-state index is 12.7. The van der Waals surface area contributed by atoms with Crippen LogP contribution in [-0.2, 0) is 19.7 Å². The van der Waals surface area contributed by atoms with Crippen molar-refractivity contribution in [3.05, 3.63) is 41.6 Å². The van der Waals surface area contributed by atoms with Gasteiger partial charge in [0, 0.05) is 31.6 Å². The minimum atomic E-state index is -0.267. The molecule has 0 aliphatic heterocycles. The number of anilines is 1. The van der Waals surface area contributed by atoms with Gasteiger partial charge in [0.15, 0.2) is 0 Å². The molecule has 1 aromatic heterocycles. The number of carbonyl (C=O) groups is 2. The lowest BCUT2D eigenvalue weighted by Crippen LogP contribution is -2.39. The van der Waals surface area contributed by atoms with Crippen LogP contribution in [-0.4, -0.2) is 53.3 Å². The molecular formula is C22H32N4O3. The second-order valence-corrected chi connectivity index (χ2v) is 8.13. The molecule has 7 heteroatoms. The Kier molecular flexibility index (Phi) is 7.56. The third-order valence-corrected chi connectivity index (χ3v) is 4.55. The number of hydrogen-bond donors (Lipinski definition) is 1. The van der Waals surface area contributed by atoms with Crippen molar-refractivity contribution < 1.29 is 14.3 Å². The van der Waals surface area contributed by atoms with E-state index in [4.69, 9.17) is 9.84 Å². The van der Waals surface area contributed by atoms with E-state index >= 15 is 0 Å². The first-order chi connectivity index (χ1) is 13.7. The van der Waals surface area contributed by atoms with E-state index in [0.29, 0.717) is 25.4 Å². The van der Waals surface area contributed by atoms with Crippen molar-refractivity contribution in [3.8, 4) is 5.69 Å². The van der Waals surface area contributed by atoms with Crippen LogP contribution in [0.25, 0.3) is 5.69 Å². The van der Waals surface area contributed by atoms with Crippen LogP contribution >= 0.6 is 0 Å². The number of aromatic nitrogens is 2. The predicted octanol–water partition coefficient (Wildman–Crippen LogP) is 3.30. The Morgan fingerprint density at radius 3 is 2.55 bits per heavy atom. The van der Waals surface area contributed by atoms with Gasteiger partial charge in [-0.15, -0.1) is 0 Å². The maximum atomic E-state index is 12.7. The highest BCUT2D eigenvalue weighted by molar-refractivity contribution is 5.94. The van der Waals surface area contributed by atoms with Gasteiger partial charge in [0.2, 0.25) is 11.8 Å². The molecule has 0 unspecified atom stereocenters. The van der Waals surface area contributed by atoms with Crippen molar-refractivity contribution in [1.29, 1.82) is 0 Å². The number of hydrogen-bond acceptors (Lipinski definition) is 4. The number of ether oxygens (including phenoxy) is 1. The Labute approximate surface area is 173 Å². The highest BCUT2D eigenvalue weighted by atomic mass is 16.5. The van der Waals surface area contributed by atoms with Crippen LogP contribution in [0.2, 0.25) is 0 Å². The van der Waals surface area contributed by atoms with Crippen LogP contribution in [0.3, 0.4) is 0 Å². The molecule has 158 valence electrons. The second kappa shape index (κ2) is 9.69. The molecule has 0 fully saturated rings. The van der Waals surface area contributed by atoms with Crippen LogP contribution in [0, 0.1) is 6.92 Å². The molecule has 0 aliphatic rings. The van der Waals surface area contributed by atoms with Gasteiger partial charge in [-0.2, -0.15) is 5.10 Å². The van der Waals surface area contributed by atoms with E-state index in [1.807, 2.05) is 37.3 Å². The third-order valence-electron chi connectivity index (χ3n) is 4.55. The summed E-state index contributed by atoms with van der Waals surface area (Å²) in [6.07, 6.45) is 0.340. The SMILES string of the molecule is CCC(=O)N(CCOC)CC(=O)Nc1cc(C(C)(C)C)nn1-c1cccc(C)c1. The normalized spacial score (nSPS) is 11.4. The highest BCUT2D eigenvalue weighted by Gasteiger charge is 2.22. The topological polar surface area (TPSA) is 76.5 Å². The Morgan fingerprint density at radius 1 is 1.24 bits per heavy atom. The van der Waals surface area contributed by atoms with Crippen molar-refractivity contribution in [3.63, 3.8) is 0 Å². The molecule has 2 rings (SSSR count). The maximum Gasteiger partial charge on any atom is 0.245 e. The minimum absolute atomic E-state index is 0.0279. The number of carbonyl (C=O) groups excluding carboxylic acids is 2. The lowest BCUT2D eigenvalue weighted by Gasteiger charge is -2.21. The van der Waals surface area contributed by atoms with Crippen molar-refractivity contribution >= 4 is 17.6 Å². The summed E-state index contributed by atoms with van der Waals surface area (Å²) in [7, 11) is 1.57. The number of nitrogens with zero attached hydrogens (tertiary/aromatic N) is 3. The summed E-state index contributed by atoms with van der Waals surface area (Å²) in [5.74, 6) is 0.234. The molecule has 0 saturated carbocycles. The van der Waals surface area contributed by atoms with Gasteiger partial charge in [0.25, 0.3) is 0 Å². The molecule has 1 aromatic carbocycles. The van der Waals surface area contributed by atoms with E-state index in [2.05, 4.69) is 26.1 Å². The molecule has 1 heterocycles. The summed E-state index contributed by atoms with van der Waals surface area (Å²) in [4.78, 5) is 26.4. The average molecular weight is 401 g/mol. The van der Waals surface area contributed by atoms with E-state index in [1.54, 1.807) is 18.7 Å². The molecule has 2 amide bonds. The fourth-order valence-corrected chi connectivity index (χ4v) is 2.87. The molecule has 29 heavy (non-hydrogen) atoms. The molecule has 0 spiro atoms. The van der Waals surface area contributed by atoms with Gasteiger partial charge in [0.05, 0.1) is 24.5 Å². The largest absolute Gasteiger partial charge is 0.383 e. The number of benzene rings is 1. The average Bonchev–Trinajstić information content (AvgIpc) is 3.08. The first-order valence-electron chi connectivity index (χ1n) is 9.89. The van der Waals surface area contributed by atoms with Crippen molar-refractivity contribution in [1.82, 2.24) is 14.7 Å². The minimum Gasteiger partial charge on any atom is -0.383 e. The fraction of sp³-hybridized carbons (Fsp3) is 0.500. The fourth-order valence-electron chi connectivity index (χ4n) is 2.87. The first-order valence-corrected chi connectivity index (χ1v) is 9.89. The summed E-state index contributed by atoms with van der Waals surface area (Å²) < 4.78 is 6.80. The monoisotopic (exact) mass is 400 g/mol. The Hall–Kier alpha value is -2.67.